The van der Waals surface area contributed by atoms with Gasteiger partial charge in [0.1, 0.15) is 0 Å². The molecule has 84 valence electrons. The average Bonchev–Trinajstić information content (AvgIpc) is 2.03. The summed E-state index contributed by atoms with van der Waals surface area (Å²) in [7, 11) is -1.86. The van der Waals surface area contributed by atoms with Crippen LogP contribution < -0.4 is 0 Å². The molecule has 0 radical (unpaired) electrons. The van der Waals surface area contributed by atoms with E-state index in [1.54, 1.807) is 13.8 Å². The molecule has 2 unspecified atom stereocenters. The van der Waals surface area contributed by atoms with Gasteiger partial charge in [-0.2, -0.15) is 0 Å². The van der Waals surface area contributed by atoms with Crippen LogP contribution in [0.25, 0.3) is 0 Å². The highest BCUT2D eigenvalue weighted by atomic mass is 32.2. The summed E-state index contributed by atoms with van der Waals surface area (Å²) in [6.07, 6.45) is 1.28. The topological polar surface area (TPSA) is 60.4 Å². The molecule has 0 bridgehead atoms. The molecule has 0 spiro atoms. The van der Waals surface area contributed by atoms with E-state index in [1.807, 2.05) is 0 Å². The van der Waals surface area contributed by atoms with Crippen LogP contribution in [0.1, 0.15) is 13.8 Å². The molecule has 0 heterocycles. The monoisotopic (exact) mass is 240 g/mol. The molecular weight excluding hydrogens is 223 g/mol. The molecular formula is C8H17O4PS. The van der Waals surface area contributed by atoms with Crippen LogP contribution in [0.5, 0.6) is 0 Å². The highest BCUT2D eigenvalue weighted by molar-refractivity contribution is 7.92. The van der Waals surface area contributed by atoms with Gasteiger partial charge in [0.15, 0.2) is 18.3 Å². The third kappa shape index (κ3) is 3.01. The zero-order valence-electron chi connectivity index (χ0n) is 8.98. The molecule has 0 aromatic carbocycles. The Morgan fingerprint density at radius 1 is 1.50 bits per heavy atom. The van der Waals surface area contributed by atoms with Gasteiger partial charge in [0.2, 0.25) is 0 Å². The third-order valence-electron chi connectivity index (χ3n) is 2.68. The van der Waals surface area contributed by atoms with E-state index in [9.17, 15) is 13.0 Å². The quantitative estimate of drug-likeness (QED) is 0.658. The van der Waals surface area contributed by atoms with Gasteiger partial charge < -0.3 is 4.74 Å². The second-order valence-corrected chi connectivity index (χ2v) is 6.78. The zero-order chi connectivity index (χ0) is 11.4. The van der Waals surface area contributed by atoms with E-state index in [4.69, 9.17) is 4.74 Å². The predicted octanol–water partition coefficient (Wildman–Crippen LogP) is 1.36. The van der Waals surface area contributed by atoms with Gasteiger partial charge in [0.25, 0.3) is 0 Å². The van der Waals surface area contributed by atoms with Crippen molar-refractivity contribution in [3.8, 4) is 0 Å². The van der Waals surface area contributed by atoms with Gasteiger partial charge in [0.05, 0.1) is 11.4 Å². The minimum Gasteiger partial charge on any atom is -0.384 e. The first-order valence-electron chi connectivity index (χ1n) is 4.27. The highest BCUT2D eigenvalue weighted by Crippen LogP contribution is 2.29. The van der Waals surface area contributed by atoms with Gasteiger partial charge in [-0.1, -0.05) is 6.92 Å². The van der Waals surface area contributed by atoms with Crippen LogP contribution in [-0.4, -0.2) is 39.3 Å². The summed E-state index contributed by atoms with van der Waals surface area (Å²) in [5, 5.41) is 0. The standard InChI is InChI=1S/C8H17O4PS/c1-7(5-12-3)8(2,6-13-9)14(4,10)11/h7H,5-6H2,1-4H3. The summed E-state index contributed by atoms with van der Waals surface area (Å²) in [5.41, 5.74) is 0. The first-order chi connectivity index (χ1) is 6.29. The Morgan fingerprint density at radius 3 is 2.29 bits per heavy atom. The van der Waals surface area contributed by atoms with Crippen molar-refractivity contribution >= 4 is 18.3 Å². The fourth-order valence-electron chi connectivity index (χ4n) is 1.19. The van der Waals surface area contributed by atoms with Crippen molar-refractivity contribution in [1.29, 1.82) is 0 Å². The van der Waals surface area contributed by atoms with Crippen molar-refractivity contribution in [3.05, 3.63) is 0 Å². The Balaban J connectivity index is 4.99. The molecule has 14 heavy (non-hydrogen) atoms. The van der Waals surface area contributed by atoms with Crippen molar-refractivity contribution in [2.75, 3.05) is 26.1 Å². The lowest BCUT2D eigenvalue weighted by atomic mass is 9.98. The van der Waals surface area contributed by atoms with Crippen LogP contribution in [0.3, 0.4) is 0 Å². The first-order valence-corrected chi connectivity index (χ1v) is 7.16. The zero-order valence-corrected chi connectivity index (χ0v) is 10.7. The number of sulfone groups is 1. The van der Waals surface area contributed by atoms with Gasteiger partial charge in [-0.05, 0) is 12.8 Å². The number of rotatable bonds is 6. The molecule has 0 saturated carbocycles. The van der Waals surface area contributed by atoms with E-state index in [-0.39, 0.29) is 20.5 Å². The number of hydrogen-bond donors (Lipinski definition) is 0. The van der Waals surface area contributed by atoms with Crippen molar-refractivity contribution in [3.63, 3.8) is 0 Å². The van der Waals surface area contributed by atoms with E-state index in [1.165, 1.54) is 13.4 Å². The molecule has 0 aromatic heterocycles. The van der Waals surface area contributed by atoms with Crippen LogP contribution in [0.15, 0.2) is 0 Å². The summed E-state index contributed by atoms with van der Waals surface area (Å²) in [6, 6.07) is 0. The van der Waals surface area contributed by atoms with Gasteiger partial charge in [0, 0.05) is 19.5 Å². The Kier molecular flexibility index (Phi) is 5.20. The molecule has 4 nitrogen and oxygen atoms in total. The summed E-state index contributed by atoms with van der Waals surface area (Å²) in [4.78, 5) is 0. The van der Waals surface area contributed by atoms with Gasteiger partial charge in [-0.3, -0.25) is 4.57 Å². The van der Waals surface area contributed by atoms with Crippen LogP contribution in [0, 0.1) is 5.92 Å². The molecule has 0 amide bonds. The van der Waals surface area contributed by atoms with E-state index >= 15 is 0 Å². The maximum atomic E-state index is 11.6. The second-order valence-electron chi connectivity index (χ2n) is 3.73. The minimum absolute atomic E-state index is 0.107. The Morgan fingerprint density at radius 2 is 2.00 bits per heavy atom. The predicted molar refractivity (Wildman–Crippen MR) is 56.8 cm³/mol. The average molecular weight is 240 g/mol. The van der Waals surface area contributed by atoms with E-state index in [0.29, 0.717) is 6.61 Å². The minimum atomic E-state index is -3.23. The summed E-state index contributed by atoms with van der Waals surface area (Å²) < 4.78 is 37.6. The molecule has 0 saturated heterocycles. The normalized spacial score (nSPS) is 19.1. The summed E-state index contributed by atoms with van der Waals surface area (Å²) in [5.74, 6) is -0.177. The highest BCUT2D eigenvalue weighted by Gasteiger charge is 2.41. The van der Waals surface area contributed by atoms with E-state index in [0.717, 1.165) is 0 Å². The van der Waals surface area contributed by atoms with Crippen LogP contribution in [0.2, 0.25) is 0 Å². The third-order valence-corrected chi connectivity index (χ3v) is 5.93. The molecule has 6 heteroatoms. The second kappa shape index (κ2) is 5.19. The van der Waals surface area contributed by atoms with E-state index < -0.39 is 14.6 Å². The van der Waals surface area contributed by atoms with Crippen molar-refractivity contribution in [1.82, 2.24) is 0 Å². The Hall–Kier alpha value is 0.01000. The lowest BCUT2D eigenvalue weighted by Crippen LogP contribution is -2.44. The number of methoxy groups -OCH3 is 1. The van der Waals surface area contributed by atoms with Crippen LogP contribution in [0.4, 0.5) is 0 Å². The fourth-order valence-corrected chi connectivity index (χ4v) is 3.66. The summed E-state index contributed by atoms with van der Waals surface area (Å²) >= 11 is 0. The molecule has 0 aliphatic rings. The lowest BCUT2D eigenvalue weighted by molar-refractivity contribution is 0.145. The molecule has 0 aromatic rings. The van der Waals surface area contributed by atoms with Crippen molar-refractivity contribution < 1.29 is 17.7 Å². The largest absolute Gasteiger partial charge is 0.384 e. The van der Waals surface area contributed by atoms with Crippen molar-refractivity contribution in [2.24, 2.45) is 5.92 Å². The van der Waals surface area contributed by atoms with Crippen LogP contribution >= 0.6 is 8.46 Å². The van der Waals surface area contributed by atoms with Gasteiger partial charge >= 0.3 is 0 Å². The lowest BCUT2D eigenvalue weighted by Gasteiger charge is -2.31. The molecule has 2 atom stereocenters. The van der Waals surface area contributed by atoms with Crippen molar-refractivity contribution in [2.45, 2.75) is 18.6 Å². The maximum absolute atomic E-state index is 11.6. The fraction of sp³-hybridized carbons (Fsp3) is 1.00. The molecule has 0 fully saturated rings. The number of hydrogen-bond acceptors (Lipinski definition) is 4. The van der Waals surface area contributed by atoms with Crippen LogP contribution in [-0.2, 0) is 19.1 Å². The van der Waals surface area contributed by atoms with Gasteiger partial charge in [-0.25, -0.2) is 8.42 Å². The number of ether oxygens (including phenoxy) is 1. The first kappa shape index (κ1) is 14.0. The molecule has 0 aliphatic heterocycles. The SMILES string of the molecule is COCC(C)C(C)(CP=O)S(C)(=O)=O. The molecule has 0 rings (SSSR count). The molecule has 0 N–H and O–H groups in total. The smallest absolute Gasteiger partial charge is 0.156 e. The molecule has 0 aliphatic carbocycles. The maximum Gasteiger partial charge on any atom is 0.156 e. The Labute approximate surface area is 87.2 Å². The summed E-state index contributed by atoms with van der Waals surface area (Å²) in [6.45, 7) is 3.74. The Bertz CT molecular complexity index is 288. The van der Waals surface area contributed by atoms with E-state index in [2.05, 4.69) is 0 Å². The van der Waals surface area contributed by atoms with Gasteiger partial charge in [-0.15, -0.1) is 0 Å².